The molecule has 0 saturated carbocycles. The van der Waals surface area contributed by atoms with Crippen LogP contribution in [0.15, 0.2) is 102 Å². The number of nitrogens with zero attached hydrogens (tertiary/aromatic N) is 3. The van der Waals surface area contributed by atoms with Crippen LogP contribution in [0.3, 0.4) is 0 Å². The number of hydrogen-bond donors (Lipinski definition) is 1. The summed E-state index contributed by atoms with van der Waals surface area (Å²) < 4.78 is 1.89. The Morgan fingerprint density at radius 1 is 0.897 bits per heavy atom. The molecule has 5 rings (SSSR count). The first-order valence-corrected chi connectivity index (χ1v) is 14.2. The van der Waals surface area contributed by atoms with Crippen LogP contribution in [0.5, 0.6) is 0 Å². The summed E-state index contributed by atoms with van der Waals surface area (Å²) in [4.78, 5) is 13.2. The molecular formula is C31H26Cl2N4OS. The number of carbonyl (C=O) groups is 1. The zero-order chi connectivity index (χ0) is 27.4. The molecule has 4 aromatic carbocycles. The molecule has 1 N–H and O–H groups in total. The fraction of sp³-hybridized carbons (Fsp3) is 0.129. The van der Waals surface area contributed by atoms with Crippen LogP contribution in [-0.2, 0) is 5.75 Å². The van der Waals surface area contributed by atoms with Gasteiger partial charge in [0.1, 0.15) is 0 Å². The Labute approximate surface area is 242 Å². The Hall–Kier alpha value is -3.58. The zero-order valence-corrected chi connectivity index (χ0v) is 23.8. The van der Waals surface area contributed by atoms with Gasteiger partial charge >= 0.3 is 0 Å². The van der Waals surface area contributed by atoms with Crippen LogP contribution >= 0.6 is 35.0 Å². The van der Waals surface area contributed by atoms with E-state index in [-0.39, 0.29) is 5.91 Å². The maximum atomic E-state index is 13.2. The van der Waals surface area contributed by atoms with Crippen molar-refractivity contribution in [2.75, 3.05) is 0 Å². The predicted molar refractivity (Wildman–Crippen MR) is 160 cm³/mol. The van der Waals surface area contributed by atoms with Gasteiger partial charge in [0.25, 0.3) is 5.91 Å². The number of hydrogen-bond acceptors (Lipinski definition) is 4. The summed E-state index contributed by atoms with van der Waals surface area (Å²) >= 11 is 14.3. The summed E-state index contributed by atoms with van der Waals surface area (Å²) in [6.45, 7) is 3.96. The number of thioether (sulfide) groups is 1. The normalized spacial score (nSPS) is 11.8. The predicted octanol–water partition coefficient (Wildman–Crippen LogP) is 8.33. The second kappa shape index (κ2) is 12.1. The number of carbonyl (C=O) groups excluding carboxylic acids is 1. The molecule has 1 unspecified atom stereocenters. The highest BCUT2D eigenvalue weighted by Crippen LogP contribution is 2.32. The first-order chi connectivity index (χ1) is 18.9. The zero-order valence-electron chi connectivity index (χ0n) is 21.4. The van der Waals surface area contributed by atoms with Gasteiger partial charge in [0.2, 0.25) is 0 Å². The van der Waals surface area contributed by atoms with Crippen LogP contribution < -0.4 is 5.32 Å². The van der Waals surface area contributed by atoms with Gasteiger partial charge in [-0.05, 0) is 60.9 Å². The van der Waals surface area contributed by atoms with Gasteiger partial charge in [0.15, 0.2) is 11.0 Å². The average Bonchev–Trinajstić information content (AvgIpc) is 3.36. The van der Waals surface area contributed by atoms with Gasteiger partial charge in [0, 0.05) is 16.3 Å². The van der Waals surface area contributed by atoms with E-state index in [4.69, 9.17) is 23.2 Å². The van der Waals surface area contributed by atoms with Crippen LogP contribution in [0.4, 0.5) is 0 Å². The summed E-state index contributed by atoms with van der Waals surface area (Å²) in [5.41, 5.74) is 5.78. The molecular weight excluding hydrogens is 547 g/mol. The molecule has 5 nitrogen and oxygen atoms in total. The molecule has 5 aromatic rings. The third-order valence-electron chi connectivity index (χ3n) is 6.25. The number of amides is 1. The Balaban J connectivity index is 1.40. The van der Waals surface area contributed by atoms with E-state index in [1.165, 1.54) is 11.1 Å². The maximum absolute atomic E-state index is 13.2. The monoisotopic (exact) mass is 572 g/mol. The Morgan fingerprint density at radius 2 is 1.64 bits per heavy atom. The largest absolute Gasteiger partial charge is 0.342 e. The quantitative estimate of drug-likeness (QED) is 0.190. The Bertz CT molecular complexity index is 1600. The van der Waals surface area contributed by atoms with Crippen molar-refractivity contribution in [2.45, 2.75) is 30.8 Å². The van der Waals surface area contributed by atoms with Crippen molar-refractivity contribution in [1.29, 1.82) is 0 Å². The van der Waals surface area contributed by atoms with E-state index in [1.807, 2.05) is 78.2 Å². The van der Waals surface area contributed by atoms with Gasteiger partial charge in [-0.2, -0.15) is 0 Å². The molecule has 1 heterocycles. The summed E-state index contributed by atoms with van der Waals surface area (Å²) in [5.74, 6) is 1.08. The molecule has 1 amide bonds. The molecule has 0 fully saturated rings. The molecule has 8 heteroatoms. The SMILES string of the molecule is Cc1cccc(CSc2nnc(C(C)NC(=O)c3ccc(-c4ccccc4)cc3)n2-c2ccc(Cl)cc2Cl)c1. The average molecular weight is 574 g/mol. The lowest BCUT2D eigenvalue weighted by atomic mass is 10.0. The third kappa shape index (κ3) is 6.36. The molecule has 1 aromatic heterocycles. The number of rotatable bonds is 8. The Kier molecular flexibility index (Phi) is 8.36. The van der Waals surface area contributed by atoms with Crippen LogP contribution in [0.2, 0.25) is 10.0 Å². The molecule has 0 aliphatic heterocycles. The van der Waals surface area contributed by atoms with Gasteiger partial charge in [-0.15, -0.1) is 10.2 Å². The van der Waals surface area contributed by atoms with Gasteiger partial charge in [0.05, 0.1) is 16.8 Å². The summed E-state index contributed by atoms with van der Waals surface area (Å²) in [5, 5.41) is 13.7. The second-order valence-electron chi connectivity index (χ2n) is 9.19. The molecule has 196 valence electrons. The van der Waals surface area contributed by atoms with Crippen LogP contribution in [0, 0.1) is 6.92 Å². The molecule has 0 saturated heterocycles. The van der Waals surface area contributed by atoms with E-state index in [1.54, 1.807) is 23.9 Å². The number of halogens is 2. The standard InChI is InChI=1S/C31H26Cl2N4OS/c1-20-7-6-8-22(17-20)19-39-31-36-35-29(37(31)28-16-15-26(32)18-27(28)33)21(2)34-30(38)25-13-11-24(12-14-25)23-9-4-3-5-10-23/h3-18,21H,19H2,1-2H3,(H,34,38). The molecule has 0 bridgehead atoms. The van der Waals surface area contributed by atoms with Crippen molar-refractivity contribution in [1.82, 2.24) is 20.1 Å². The lowest BCUT2D eigenvalue weighted by Crippen LogP contribution is -2.28. The molecule has 1 atom stereocenters. The van der Waals surface area contributed by atoms with Crippen molar-refractivity contribution < 1.29 is 4.79 Å². The number of aromatic nitrogens is 3. The molecule has 0 radical (unpaired) electrons. The van der Waals surface area contributed by atoms with Crippen molar-refractivity contribution >= 4 is 40.9 Å². The van der Waals surface area contributed by atoms with Gasteiger partial charge in [-0.1, -0.05) is 107 Å². The van der Waals surface area contributed by atoms with Crippen molar-refractivity contribution in [3.8, 4) is 16.8 Å². The highest BCUT2D eigenvalue weighted by atomic mass is 35.5. The highest BCUT2D eigenvalue weighted by Gasteiger charge is 2.23. The topological polar surface area (TPSA) is 59.8 Å². The minimum atomic E-state index is -0.445. The van der Waals surface area contributed by atoms with E-state index in [0.29, 0.717) is 38.0 Å². The minimum absolute atomic E-state index is 0.201. The van der Waals surface area contributed by atoms with Crippen molar-refractivity contribution in [2.24, 2.45) is 0 Å². The first kappa shape index (κ1) is 27.0. The molecule has 0 spiro atoms. The second-order valence-corrected chi connectivity index (χ2v) is 11.0. The summed E-state index contributed by atoms with van der Waals surface area (Å²) in [6.07, 6.45) is 0. The van der Waals surface area contributed by atoms with Crippen LogP contribution in [-0.4, -0.2) is 20.7 Å². The number of aryl methyl sites for hydroxylation is 1. The van der Waals surface area contributed by atoms with E-state index < -0.39 is 6.04 Å². The van der Waals surface area contributed by atoms with Crippen molar-refractivity contribution in [3.05, 3.63) is 130 Å². The third-order valence-corrected chi connectivity index (χ3v) is 7.79. The summed E-state index contributed by atoms with van der Waals surface area (Å²) in [7, 11) is 0. The maximum Gasteiger partial charge on any atom is 0.251 e. The highest BCUT2D eigenvalue weighted by molar-refractivity contribution is 7.98. The first-order valence-electron chi connectivity index (χ1n) is 12.4. The van der Waals surface area contributed by atoms with E-state index in [0.717, 1.165) is 11.1 Å². The number of nitrogens with one attached hydrogen (secondary N) is 1. The van der Waals surface area contributed by atoms with E-state index in [9.17, 15) is 4.79 Å². The minimum Gasteiger partial charge on any atom is -0.342 e. The Morgan fingerprint density at radius 3 is 2.36 bits per heavy atom. The molecule has 0 aliphatic carbocycles. The lowest BCUT2D eigenvalue weighted by Gasteiger charge is -2.17. The van der Waals surface area contributed by atoms with E-state index in [2.05, 4.69) is 40.6 Å². The fourth-order valence-electron chi connectivity index (χ4n) is 4.28. The number of benzene rings is 4. The van der Waals surface area contributed by atoms with Gasteiger partial charge in [-0.25, -0.2) is 0 Å². The van der Waals surface area contributed by atoms with Crippen LogP contribution in [0.25, 0.3) is 16.8 Å². The van der Waals surface area contributed by atoms with Gasteiger partial charge in [-0.3, -0.25) is 9.36 Å². The fourth-order valence-corrected chi connectivity index (χ4v) is 5.67. The van der Waals surface area contributed by atoms with Crippen LogP contribution in [0.1, 0.15) is 40.3 Å². The summed E-state index contributed by atoms with van der Waals surface area (Å²) in [6, 6.07) is 30.8. The van der Waals surface area contributed by atoms with E-state index >= 15 is 0 Å². The van der Waals surface area contributed by atoms with Crippen molar-refractivity contribution in [3.63, 3.8) is 0 Å². The van der Waals surface area contributed by atoms with Gasteiger partial charge < -0.3 is 5.32 Å². The smallest absolute Gasteiger partial charge is 0.251 e. The lowest BCUT2D eigenvalue weighted by molar-refractivity contribution is 0.0938. The molecule has 0 aliphatic rings. The molecule has 39 heavy (non-hydrogen) atoms.